The summed E-state index contributed by atoms with van der Waals surface area (Å²) in [6.07, 6.45) is -0.849. The highest BCUT2D eigenvalue weighted by Crippen LogP contribution is 2.26. The van der Waals surface area contributed by atoms with E-state index in [-0.39, 0.29) is 6.61 Å². The topological polar surface area (TPSA) is 60.8 Å². The third-order valence-electron chi connectivity index (χ3n) is 2.79. The lowest BCUT2D eigenvalue weighted by atomic mass is 9.91. The van der Waals surface area contributed by atoms with Gasteiger partial charge in [0.1, 0.15) is 0 Å². The second-order valence-corrected chi connectivity index (χ2v) is 3.78. The van der Waals surface area contributed by atoms with Crippen molar-refractivity contribution in [2.24, 2.45) is 0 Å². The van der Waals surface area contributed by atoms with E-state index in [1.54, 1.807) is 0 Å². The molecule has 4 heteroatoms. The molecule has 15 heavy (non-hydrogen) atoms. The summed E-state index contributed by atoms with van der Waals surface area (Å²) in [5.41, 5.74) is 2.03. The Bertz CT molecular complexity index is 355. The molecule has 0 aliphatic carbocycles. The summed E-state index contributed by atoms with van der Waals surface area (Å²) in [6.45, 7) is 1.20. The third kappa shape index (κ3) is 1.94. The molecule has 0 saturated carbocycles. The summed E-state index contributed by atoms with van der Waals surface area (Å²) in [7, 11) is 0. The molecule has 0 unspecified atom stereocenters. The van der Waals surface area contributed by atoms with Gasteiger partial charge in [0.05, 0.1) is 6.61 Å². The molecule has 1 fully saturated rings. The fraction of sp³-hybridized carbons (Fsp3) is 0.364. The number of rotatable bonds is 2. The lowest BCUT2D eigenvalue weighted by molar-refractivity contribution is 0.105. The van der Waals surface area contributed by atoms with Gasteiger partial charge in [-0.05, 0) is 11.1 Å². The first-order valence-electron chi connectivity index (χ1n) is 4.88. The highest BCUT2D eigenvalue weighted by Gasteiger charge is 2.31. The summed E-state index contributed by atoms with van der Waals surface area (Å²) in [5.74, 6) is 0.314. The van der Waals surface area contributed by atoms with Crippen molar-refractivity contribution in [3.63, 3.8) is 0 Å². The smallest absolute Gasteiger partial charge is 0.407 e. The molecule has 0 bridgehead atoms. The normalized spacial score (nSPS) is 16.2. The molecule has 1 heterocycles. The minimum atomic E-state index is -0.849. The van der Waals surface area contributed by atoms with Crippen LogP contribution in [0.25, 0.3) is 0 Å². The maximum atomic E-state index is 10.6. The minimum absolute atomic E-state index is 0.0478. The van der Waals surface area contributed by atoms with Crippen molar-refractivity contribution in [1.29, 1.82) is 0 Å². The van der Waals surface area contributed by atoms with Crippen molar-refractivity contribution in [2.45, 2.75) is 12.5 Å². The van der Waals surface area contributed by atoms with E-state index in [1.165, 1.54) is 4.90 Å². The van der Waals surface area contributed by atoms with Gasteiger partial charge < -0.3 is 15.1 Å². The zero-order valence-electron chi connectivity index (χ0n) is 8.26. The van der Waals surface area contributed by atoms with Crippen molar-refractivity contribution in [2.75, 3.05) is 13.1 Å². The number of hydrogen-bond donors (Lipinski definition) is 2. The van der Waals surface area contributed by atoms with Crippen molar-refractivity contribution >= 4 is 6.09 Å². The number of aliphatic hydroxyl groups excluding tert-OH is 1. The van der Waals surface area contributed by atoms with Gasteiger partial charge in [0, 0.05) is 19.0 Å². The van der Waals surface area contributed by atoms with Crippen LogP contribution in [0.5, 0.6) is 0 Å². The number of benzene rings is 1. The van der Waals surface area contributed by atoms with Crippen LogP contribution in [0.3, 0.4) is 0 Å². The molecule has 1 aromatic rings. The van der Waals surface area contributed by atoms with Crippen molar-refractivity contribution in [1.82, 2.24) is 4.90 Å². The summed E-state index contributed by atoms with van der Waals surface area (Å²) in [6, 6.07) is 7.66. The van der Waals surface area contributed by atoms with Crippen LogP contribution >= 0.6 is 0 Å². The SMILES string of the molecule is O=C(O)N1CC(c2ccc(CO)cc2)C1. The second-order valence-electron chi connectivity index (χ2n) is 3.78. The fourth-order valence-electron chi connectivity index (χ4n) is 1.74. The quantitative estimate of drug-likeness (QED) is 0.767. The molecule has 1 aliphatic rings. The van der Waals surface area contributed by atoms with Gasteiger partial charge in [-0.3, -0.25) is 0 Å². The molecule has 1 aromatic carbocycles. The Kier molecular flexibility index (Phi) is 2.60. The Hall–Kier alpha value is -1.55. The van der Waals surface area contributed by atoms with Crippen LogP contribution in [0.2, 0.25) is 0 Å². The number of carboxylic acid groups (broad SMARTS) is 1. The van der Waals surface area contributed by atoms with E-state index in [1.807, 2.05) is 24.3 Å². The van der Waals surface area contributed by atoms with E-state index in [4.69, 9.17) is 10.2 Å². The Morgan fingerprint density at radius 3 is 2.40 bits per heavy atom. The molecule has 1 aliphatic heterocycles. The van der Waals surface area contributed by atoms with Gasteiger partial charge in [-0.2, -0.15) is 0 Å². The molecule has 0 atom stereocenters. The van der Waals surface area contributed by atoms with Gasteiger partial charge in [-0.25, -0.2) is 4.79 Å². The molecule has 0 aromatic heterocycles. The molecule has 80 valence electrons. The van der Waals surface area contributed by atoms with E-state index >= 15 is 0 Å². The Balaban J connectivity index is 1.98. The van der Waals surface area contributed by atoms with Crippen molar-refractivity contribution in [3.05, 3.63) is 35.4 Å². The number of likely N-dealkylation sites (tertiary alicyclic amines) is 1. The van der Waals surface area contributed by atoms with Gasteiger partial charge in [-0.1, -0.05) is 24.3 Å². The Morgan fingerprint density at radius 1 is 1.33 bits per heavy atom. The van der Waals surface area contributed by atoms with Crippen LogP contribution in [0.1, 0.15) is 17.0 Å². The first-order valence-corrected chi connectivity index (χ1v) is 4.88. The summed E-state index contributed by atoms with van der Waals surface area (Å²) < 4.78 is 0. The number of carbonyl (C=O) groups is 1. The van der Waals surface area contributed by atoms with E-state index in [0.29, 0.717) is 19.0 Å². The van der Waals surface area contributed by atoms with E-state index in [0.717, 1.165) is 11.1 Å². The second kappa shape index (κ2) is 3.90. The molecule has 2 rings (SSSR count). The Morgan fingerprint density at radius 2 is 1.93 bits per heavy atom. The monoisotopic (exact) mass is 207 g/mol. The predicted octanol–water partition coefficient (Wildman–Crippen LogP) is 1.26. The fourth-order valence-corrected chi connectivity index (χ4v) is 1.74. The molecule has 1 saturated heterocycles. The standard InChI is InChI=1S/C11H13NO3/c13-7-8-1-3-9(4-2-8)10-5-12(6-10)11(14)15/h1-4,10,13H,5-7H2,(H,14,15). The van der Waals surface area contributed by atoms with Crippen LogP contribution in [0.15, 0.2) is 24.3 Å². The van der Waals surface area contributed by atoms with Crippen LogP contribution in [0.4, 0.5) is 4.79 Å². The highest BCUT2D eigenvalue weighted by molar-refractivity contribution is 5.66. The maximum absolute atomic E-state index is 10.6. The molecule has 4 nitrogen and oxygen atoms in total. The largest absolute Gasteiger partial charge is 0.465 e. The van der Waals surface area contributed by atoms with Gasteiger partial charge in [-0.15, -0.1) is 0 Å². The first kappa shape index (κ1) is 9.98. The molecular weight excluding hydrogens is 194 g/mol. The van der Waals surface area contributed by atoms with Crippen LogP contribution < -0.4 is 0 Å². The van der Waals surface area contributed by atoms with Gasteiger partial charge >= 0.3 is 6.09 Å². The van der Waals surface area contributed by atoms with E-state index in [2.05, 4.69) is 0 Å². The summed E-state index contributed by atoms with van der Waals surface area (Å²) >= 11 is 0. The number of hydrogen-bond acceptors (Lipinski definition) is 2. The third-order valence-corrected chi connectivity index (χ3v) is 2.79. The average Bonchev–Trinajstić information content (AvgIpc) is 2.16. The Labute approximate surface area is 87.8 Å². The van der Waals surface area contributed by atoms with Gasteiger partial charge in [0.25, 0.3) is 0 Å². The summed E-state index contributed by atoms with van der Waals surface area (Å²) in [5, 5.41) is 17.5. The van der Waals surface area contributed by atoms with Gasteiger partial charge in [0.15, 0.2) is 0 Å². The number of amides is 1. The molecule has 0 spiro atoms. The van der Waals surface area contributed by atoms with E-state index < -0.39 is 6.09 Å². The lowest BCUT2D eigenvalue weighted by Gasteiger charge is -2.37. The van der Waals surface area contributed by atoms with Crippen molar-refractivity contribution < 1.29 is 15.0 Å². The predicted molar refractivity (Wildman–Crippen MR) is 54.7 cm³/mol. The van der Waals surface area contributed by atoms with Gasteiger partial charge in [0.2, 0.25) is 0 Å². The summed E-state index contributed by atoms with van der Waals surface area (Å²) in [4.78, 5) is 11.9. The zero-order chi connectivity index (χ0) is 10.8. The molecule has 1 amide bonds. The maximum Gasteiger partial charge on any atom is 0.407 e. The van der Waals surface area contributed by atoms with Crippen molar-refractivity contribution in [3.8, 4) is 0 Å². The number of aliphatic hydroxyl groups is 1. The highest BCUT2D eigenvalue weighted by atomic mass is 16.4. The molecule has 0 radical (unpaired) electrons. The lowest BCUT2D eigenvalue weighted by Crippen LogP contribution is -2.47. The van der Waals surface area contributed by atoms with Crippen LogP contribution in [-0.2, 0) is 6.61 Å². The zero-order valence-corrected chi connectivity index (χ0v) is 8.26. The first-order chi connectivity index (χ1) is 7.20. The van der Waals surface area contributed by atoms with E-state index in [9.17, 15) is 4.79 Å². The average molecular weight is 207 g/mol. The molecule has 2 N–H and O–H groups in total. The molecular formula is C11H13NO3. The number of nitrogens with zero attached hydrogens (tertiary/aromatic N) is 1. The minimum Gasteiger partial charge on any atom is -0.465 e. The van der Waals surface area contributed by atoms with Crippen LogP contribution in [0, 0.1) is 0 Å². The van der Waals surface area contributed by atoms with Crippen LogP contribution in [-0.4, -0.2) is 34.3 Å².